The van der Waals surface area contributed by atoms with Crippen molar-refractivity contribution in [2.45, 2.75) is 6.92 Å². The molecule has 2 amide bonds. The minimum atomic E-state index is -0.476. The van der Waals surface area contributed by atoms with Crippen molar-refractivity contribution in [3.8, 4) is 11.3 Å². The Balaban J connectivity index is 1.64. The highest BCUT2D eigenvalue weighted by molar-refractivity contribution is 5.97. The minimum absolute atomic E-state index is 0.257. The van der Waals surface area contributed by atoms with Gasteiger partial charge in [-0.05, 0) is 25.1 Å². The number of aromatic amines is 2. The van der Waals surface area contributed by atoms with Crippen LogP contribution in [0.2, 0.25) is 0 Å². The quantitative estimate of drug-likeness (QED) is 0.555. The van der Waals surface area contributed by atoms with Gasteiger partial charge in [-0.15, -0.1) is 0 Å². The Bertz CT molecular complexity index is 819. The van der Waals surface area contributed by atoms with Gasteiger partial charge in [0.2, 0.25) is 0 Å². The van der Waals surface area contributed by atoms with Crippen molar-refractivity contribution in [1.29, 1.82) is 0 Å². The van der Waals surface area contributed by atoms with Gasteiger partial charge < -0.3 is 4.98 Å². The summed E-state index contributed by atoms with van der Waals surface area (Å²) in [4.78, 5) is 26.5. The highest BCUT2D eigenvalue weighted by atomic mass is 16.2. The van der Waals surface area contributed by atoms with Crippen LogP contribution in [0.5, 0.6) is 0 Å². The third-order valence-corrected chi connectivity index (χ3v) is 3.30. The Kier molecular flexibility index (Phi) is 3.92. The standard InChI is InChI=1S/C16H15N5O2/c1-10-4-6-11(7-5-10)13-9-14(19-18-13)16(23)21-20-15(22)12-3-2-8-17-12/h2-9,17H,1H3,(H,18,19)(H,20,22)(H,21,23). The first-order valence-corrected chi connectivity index (χ1v) is 7.00. The predicted octanol–water partition coefficient (Wildman–Crippen LogP) is 1.79. The number of hydrogen-bond donors (Lipinski definition) is 4. The van der Waals surface area contributed by atoms with Crippen LogP contribution in [0, 0.1) is 6.92 Å². The predicted molar refractivity (Wildman–Crippen MR) is 84.5 cm³/mol. The summed E-state index contributed by atoms with van der Waals surface area (Å²) >= 11 is 0. The highest BCUT2D eigenvalue weighted by Gasteiger charge is 2.12. The van der Waals surface area contributed by atoms with Gasteiger partial charge in [-0.1, -0.05) is 29.8 Å². The number of aromatic nitrogens is 3. The maximum atomic E-state index is 12.0. The second-order valence-electron chi connectivity index (χ2n) is 5.02. The first kappa shape index (κ1) is 14.6. The molecule has 7 nitrogen and oxygen atoms in total. The normalized spacial score (nSPS) is 10.3. The number of benzene rings is 1. The number of aryl methyl sites for hydroxylation is 1. The molecule has 0 aliphatic rings. The van der Waals surface area contributed by atoms with Crippen molar-refractivity contribution in [1.82, 2.24) is 26.0 Å². The van der Waals surface area contributed by atoms with Crippen molar-refractivity contribution in [2.75, 3.05) is 0 Å². The van der Waals surface area contributed by atoms with Crippen LogP contribution in [0.15, 0.2) is 48.7 Å². The summed E-state index contributed by atoms with van der Waals surface area (Å²) in [5.74, 6) is -0.905. The zero-order valence-electron chi connectivity index (χ0n) is 12.4. The molecular formula is C16H15N5O2. The zero-order chi connectivity index (χ0) is 16.2. The SMILES string of the molecule is Cc1ccc(-c2cc(C(=O)NNC(=O)c3ccc[nH]3)[nH]n2)cc1. The Hall–Kier alpha value is -3.35. The molecule has 23 heavy (non-hydrogen) atoms. The molecule has 0 spiro atoms. The van der Waals surface area contributed by atoms with Gasteiger partial charge in [-0.2, -0.15) is 5.10 Å². The largest absolute Gasteiger partial charge is 0.357 e. The topological polar surface area (TPSA) is 103 Å². The third-order valence-electron chi connectivity index (χ3n) is 3.30. The van der Waals surface area contributed by atoms with E-state index in [0.29, 0.717) is 11.4 Å². The monoisotopic (exact) mass is 309 g/mol. The van der Waals surface area contributed by atoms with Crippen LogP contribution in [0.3, 0.4) is 0 Å². The molecule has 0 radical (unpaired) electrons. The summed E-state index contributed by atoms with van der Waals surface area (Å²) < 4.78 is 0. The number of nitrogens with zero attached hydrogens (tertiary/aromatic N) is 1. The number of hydrogen-bond acceptors (Lipinski definition) is 3. The molecule has 3 rings (SSSR count). The average molecular weight is 309 g/mol. The van der Waals surface area contributed by atoms with E-state index >= 15 is 0 Å². The van der Waals surface area contributed by atoms with E-state index in [1.54, 1.807) is 24.4 Å². The lowest BCUT2D eigenvalue weighted by atomic mass is 10.1. The number of carbonyl (C=O) groups excluding carboxylic acids is 2. The van der Waals surface area contributed by atoms with Crippen LogP contribution in [-0.4, -0.2) is 27.0 Å². The summed E-state index contributed by atoms with van der Waals surface area (Å²) in [6.45, 7) is 2.00. The van der Waals surface area contributed by atoms with E-state index in [9.17, 15) is 9.59 Å². The minimum Gasteiger partial charge on any atom is -0.357 e. The Morgan fingerprint density at radius 2 is 1.70 bits per heavy atom. The smallest absolute Gasteiger partial charge is 0.287 e. The first-order valence-electron chi connectivity index (χ1n) is 7.00. The van der Waals surface area contributed by atoms with E-state index in [0.717, 1.165) is 11.1 Å². The second-order valence-corrected chi connectivity index (χ2v) is 5.02. The molecule has 7 heteroatoms. The molecule has 0 saturated carbocycles. The zero-order valence-corrected chi connectivity index (χ0v) is 12.4. The van der Waals surface area contributed by atoms with Gasteiger partial charge in [0, 0.05) is 11.8 Å². The van der Waals surface area contributed by atoms with Gasteiger partial charge >= 0.3 is 0 Å². The molecule has 0 saturated heterocycles. The summed E-state index contributed by atoms with van der Waals surface area (Å²) in [6.07, 6.45) is 1.62. The molecule has 2 aromatic heterocycles. The van der Waals surface area contributed by atoms with E-state index in [4.69, 9.17) is 0 Å². The van der Waals surface area contributed by atoms with Crippen molar-refractivity contribution in [2.24, 2.45) is 0 Å². The molecule has 0 unspecified atom stereocenters. The number of hydrazine groups is 1. The molecule has 1 aromatic carbocycles. The number of carbonyl (C=O) groups is 2. The van der Waals surface area contributed by atoms with Crippen LogP contribution < -0.4 is 10.9 Å². The summed E-state index contributed by atoms with van der Waals surface area (Å²) in [7, 11) is 0. The third kappa shape index (κ3) is 3.29. The van der Waals surface area contributed by atoms with Crippen molar-refractivity contribution < 1.29 is 9.59 Å². The number of rotatable bonds is 3. The fourth-order valence-electron chi connectivity index (χ4n) is 2.03. The Morgan fingerprint density at radius 1 is 1.00 bits per heavy atom. The van der Waals surface area contributed by atoms with Crippen LogP contribution in [0.1, 0.15) is 26.5 Å². The summed E-state index contributed by atoms with van der Waals surface area (Å²) in [5, 5.41) is 6.77. The van der Waals surface area contributed by atoms with E-state index in [1.165, 1.54) is 0 Å². The molecule has 0 aliphatic carbocycles. The molecule has 0 bridgehead atoms. The van der Waals surface area contributed by atoms with E-state index in [-0.39, 0.29) is 5.69 Å². The maximum Gasteiger partial charge on any atom is 0.287 e. The molecule has 2 heterocycles. The lowest BCUT2D eigenvalue weighted by Gasteiger charge is -2.04. The van der Waals surface area contributed by atoms with Gasteiger partial charge in [0.1, 0.15) is 11.4 Å². The fraction of sp³-hybridized carbons (Fsp3) is 0.0625. The Morgan fingerprint density at radius 3 is 2.35 bits per heavy atom. The summed E-state index contributed by atoms with van der Waals surface area (Å²) in [6, 6.07) is 12.7. The van der Waals surface area contributed by atoms with Crippen LogP contribution >= 0.6 is 0 Å². The molecule has 0 aliphatic heterocycles. The number of nitrogens with one attached hydrogen (secondary N) is 4. The second kappa shape index (κ2) is 6.18. The molecular weight excluding hydrogens is 294 g/mol. The lowest BCUT2D eigenvalue weighted by Crippen LogP contribution is -2.41. The number of amides is 2. The van der Waals surface area contributed by atoms with Gasteiger partial charge in [0.25, 0.3) is 11.8 Å². The maximum absolute atomic E-state index is 12.0. The Labute approximate surface area is 132 Å². The lowest BCUT2D eigenvalue weighted by molar-refractivity contribution is 0.0841. The number of H-pyrrole nitrogens is 2. The van der Waals surface area contributed by atoms with Crippen LogP contribution in [-0.2, 0) is 0 Å². The van der Waals surface area contributed by atoms with Gasteiger partial charge in [-0.25, -0.2) is 0 Å². The first-order chi connectivity index (χ1) is 11.1. The average Bonchev–Trinajstić information content (AvgIpc) is 3.24. The highest BCUT2D eigenvalue weighted by Crippen LogP contribution is 2.18. The fourth-order valence-corrected chi connectivity index (χ4v) is 2.03. The van der Waals surface area contributed by atoms with Gasteiger partial charge in [0.05, 0.1) is 5.69 Å². The molecule has 116 valence electrons. The van der Waals surface area contributed by atoms with Crippen LogP contribution in [0.4, 0.5) is 0 Å². The van der Waals surface area contributed by atoms with Crippen molar-refractivity contribution in [3.63, 3.8) is 0 Å². The molecule has 3 aromatic rings. The van der Waals surface area contributed by atoms with E-state index in [1.807, 2.05) is 31.2 Å². The van der Waals surface area contributed by atoms with E-state index < -0.39 is 11.8 Å². The van der Waals surface area contributed by atoms with Gasteiger partial charge in [0.15, 0.2) is 0 Å². The molecule has 4 N–H and O–H groups in total. The molecule has 0 fully saturated rings. The summed E-state index contributed by atoms with van der Waals surface area (Å²) in [5.41, 5.74) is 7.98. The van der Waals surface area contributed by atoms with Gasteiger partial charge in [-0.3, -0.25) is 25.5 Å². The molecule has 0 atom stereocenters. The van der Waals surface area contributed by atoms with E-state index in [2.05, 4.69) is 26.0 Å². The van der Waals surface area contributed by atoms with Crippen molar-refractivity contribution >= 4 is 11.8 Å². The van der Waals surface area contributed by atoms with Crippen molar-refractivity contribution in [3.05, 3.63) is 65.6 Å². The van der Waals surface area contributed by atoms with Crippen LogP contribution in [0.25, 0.3) is 11.3 Å².